The molecule has 1 amide bonds. The normalized spacial score (nSPS) is 13.1. The third-order valence-electron chi connectivity index (χ3n) is 5.57. The highest BCUT2D eigenvalue weighted by Gasteiger charge is 2.21. The maximum absolute atomic E-state index is 14.2. The van der Waals surface area contributed by atoms with Gasteiger partial charge in [-0.3, -0.25) is 4.79 Å². The number of nitrogens with one attached hydrogen (secondary N) is 1. The predicted octanol–water partition coefficient (Wildman–Crippen LogP) is 6.53. The molecule has 1 N–H and O–H groups in total. The van der Waals surface area contributed by atoms with Crippen molar-refractivity contribution in [1.82, 2.24) is 9.88 Å². The largest absolute Gasteiger partial charge is 0.346 e. The Morgan fingerprint density at radius 2 is 1.77 bits per heavy atom. The summed E-state index contributed by atoms with van der Waals surface area (Å²) >= 11 is 0. The lowest BCUT2D eigenvalue weighted by atomic mass is 9.85. The third-order valence-corrected chi connectivity index (χ3v) is 5.57. The van der Waals surface area contributed by atoms with Gasteiger partial charge in [-0.15, -0.1) is 0 Å². The second-order valence-corrected chi connectivity index (χ2v) is 9.75. The second-order valence-electron chi connectivity index (χ2n) is 9.75. The van der Waals surface area contributed by atoms with Gasteiger partial charge in [-0.2, -0.15) is 0 Å². The highest BCUT2D eigenvalue weighted by atomic mass is 19.1. The fraction of sp³-hybridized carbons (Fsp3) is 0.423. The van der Waals surface area contributed by atoms with Crippen LogP contribution < -0.4 is 5.32 Å². The molecule has 0 aliphatic carbocycles. The number of aromatic nitrogens is 1. The minimum absolute atomic E-state index is 0.124. The van der Waals surface area contributed by atoms with Crippen molar-refractivity contribution in [1.29, 1.82) is 0 Å². The summed E-state index contributed by atoms with van der Waals surface area (Å²) in [5.74, 6) is 0.185. The Balaban J connectivity index is 1.86. The molecular weight excluding hydrogens is 375 g/mol. The maximum atomic E-state index is 14.2. The summed E-state index contributed by atoms with van der Waals surface area (Å²) in [5, 5.41) is 4.22. The molecule has 3 nitrogen and oxygen atoms in total. The van der Waals surface area contributed by atoms with Crippen LogP contribution >= 0.6 is 0 Å². The minimum Gasteiger partial charge on any atom is -0.346 e. The summed E-state index contributed by atoms with van der Waals surface area (Å²) in [6.07, 6.45) is 0. The Bertz CT molecular complexity index is 1070. The molecule has 4 heteroatoms. The van der Waals surface area contributed by atoms with Crippen LogP contribution in [0.5, 0.6) is 0 Å². The highest BCUT2D eigenvalue weighted by molar-refractivity contribution is 5.98. The Morgan fingerprint density at radius 1 is 1.07 bits per heavy atom. The van der Waals surface area contributed by atoms with Crippen molar-refractivity contribution in [2.45, 2.75) is 66.5 Å². The first-order valence-corrected chi connectivity index (χ1v) is 10.7. The molecule has 0 saturated carbocycles. The highest BCUT2D eigenvalue weighted by Crippen LogP contribution is 2.28. The van der Waals surface area contributed by atoms with E-state index in [0.29, 0.717) is 17.0 Å². The van der Waals surface area contributed by atoms with Gasteiger partial charge >= 0.3 is 0 Å². The SMILES string of the molecule is Cc1cc2ccc(C(=O)N[C@@H](C)c3ccc(F)c(C(C)(C)C)c3)cc2n1CC(C)C. The molecule has 0 aliphatic rings. The molecule has 160 valence electrons. The first-order valence-electron chi connectivity index (χ1n) is 10.7. The molecule has 0 unspecified atom stereocenters. The van der Waals surface area contributed by atoms with E-state index in [1.54, 1.807) is 6.07 Å². The van der Waals surface area contributed by atoms with Gasteiger partial charge in [-0.1, -0.05) is 52.8 Å². The van der Waals surface area contributed by atoms with Crippen LogP contribution in [0.4, 0.5) is 4.39 Å². The van der Waals surface area contributed by atoms with E-state index in [2.05, 4.69) is 36.7 Å². The summed E-state index contributed by atoms with van der Waals surface area (Å²) in [7, 11) is 0. The van der Waals surface area contributed by atoms with Gasteiger partial charge in [-0.05, 0) is 66.0 Å². The van der Waals surface area contributed by atoms with Crippen LogP contribution in [0.25, 0.3) is 10.9 Å². The van der Waals surface area contributed by atoms with Crippen LogP contribution in [-0.4, -0.2) is 10.5 Å². The van der Waals surface area contributed by atoms with Crippen molar-refractivity contribution >= 4 is 16.8 Å². The molecule has 0 saturated heterocycles. The van der Waals surface area contributed by atoms with Crippen LogP contribution in [0.1, 0.15) is 74.8 Å². The molecule has 1 heterocycles. The molecule has 1 aromatic heterocycles. The fourth-order valence-electron chi connectivity index (χ4n) is 3.89. The number of amides is 1. The van der Waals surface area contributed by atoms with Gasteiger partial charge < -0.3 is 9.88 Å². The Kier molecular flexibility index (Phi) is 6.07. The number of carbonyl (C=O) groups excluding carboxylic acids is 1. The topological polar surface area (TPSA) is 34.0 Å². The van der Waals surface area contributed by atoms with Gasteiger partial charge in [0.15, 0.2) is 0 Å². The van der Waals surface area contributed by atoms with E-state index in [0.717, 1.165) is 23.0 Å². The number of hydrogen-bond acceptors (Lipinski definition) is 1. The zero-order valence-electron chi connectivity index (χ0n) is 19.1. The summed E-state index contributed by atoms with van der Waals surface area (Å²) < 4.78 is 16.5. The van der Waals surface area contributed by atoms with Crippen LogP contribution in [0.15, 0.2) is 42.5 Å². The van der Waals surface area contributed by atoms with E-state index in [4.69, 9.17) is 0 Å². The van der Waals surface area contributed by atoms with E-state index in [1.165, 1.54) is 11.8 Å². The molecule has 0 bridgehead atoms. The van der Waals surface area contributed by atoms with E-state index < -0.39 is 0 Å². The van der Waals surface area contributed by atoms with E-state index >= 15 is 0 Å². The third kappa shape index (κ3) is 4.58. The first kappa shape index (κ1) is 22.1. The quantitative estimate of drug-likeness (QED) is 0.511. The maximum Gasteiger partial charge on any atom is 0.251 e. The van der Waals surface area contributed by atoms with Crippen molar-refractivity contribution in [3.05, 3.63) is 70.7 Å². The molecule has 3 aromatic rings. The van der Waals surface area contributed by atoms with Gasteiger partial charge in [0, 0.05) is 23.3 Å². The van der Waals surface area contributed by atoms with Crippen LogP contribution in [0, 0.1) is 18.7 Å². The van der Waals surface area contributed by atoms with Gasteiger partial charge in [0.1, 0.15) is 5.82 Å². The summed E-state index contributed by atoms with van der Waals surface area (Å²) in [5.41, 5.74) is 4.17. The summed E-state index contributed by atoms with van der Waals surface area (Å²) in [4.78, 5) is 13.0. The number of halogens is 1. The standard InChI is InChI=1S/C26H33FN2O/c1-16(2)15-29-17(3)12-20-8-9-21(14-24(20)29)25(30)28-18(4)19-10-11-23(27)22(13-19)26(5,6)7/h8-14,16,18H,15H2,1-7H3,(H,28,30)/t18-/m0/s1. The van der Waals surface area contributed by atoms with Crippen molar-refractivity contribution in [2.75, 3.05) is 0 Å². The number of rotatable bonds is 5. The monoisotopic (exact) mass is 408 g/mol. The average molecular weight is 409 g/mol. The number of benzene rings is 2. The minimum atomic E-state index is -0.297. The Morgan fingerprint density at radius 3 is 2.40 bits per heavy atom. The van der Waals surface area contributed by atoms with Gasteiger partial charge in [0.25, 0.3) is 5.91 Å². The molecule has 3 rings (SSSR count). The molecular formula is C26H33FN2O. The van der Waals surface area contributed by atoms with Crippen molar-refractivity contribution < 1.29 is 9.18 Å². The van der Waals surface area contributed by atoms with Crippen molar-refractivity contribution in [3.8, 4) is 0 Å². The predicted molar refractivity (Wildman–Crippen MR) is 122 cm³/mol. The lowest BCUT2D eigenvalue weighted by Gasteiger charge is -2.22. The van der Waals surface area contributed by atoms with Crippen LogP contribution in [-0.2, 0) is 12.0 Å². The number of aryl methyl sites for hydroxylation is 1. The zero-order valence-corrected chi connectivity index (χ0v) is 19.1. The molecule has 0 fully saturated rings. The van der Waals surface area contributed by atoms with Crippen LogP contribution in [0.3, 0.4) is 0 Å². The summed E-state index contributed by atoms with van der Waals surface area (Å²) in [6.45, 7) is 15.3. The Labute approximate surface area is 179 Å². The van der Waals surface area contributed by atoms with E-state index in [1.807, 2.05) is 52.0 Å². The molecule has 0 spiro atoms. The van der Waals surface area contributed by atoms with Gasteiger partial charge in [0.05, 0.1) is 6.04 Å². The van der Waals surface area contributed by atoms with Crippen LogP contribution in [0.2, 0.25) is 0 Å². The molecule has 2 aromatic carbocycles. The molecule has 0 radical (unpaired) electrons. The molecule has 0 aliphatic heterocycles. The number of hydrogen-bond donors (Lipinski definition) is 1. The van der Waals surface area contributed by atoms with Gasteiger partial charge in [-0.25, -0.2) is 4.39 Å². The van der Waals surface area contributed by atoms with Crippen molar-refractivity contribution in [2.24, 2.45) is 5.92 Å². The van der Waals surface area contributed by atoms with E-state index in [-0.39, 0.29) is 23.2 Å². The number of carbonyl (C=O) groups is 1. The molecule has 1 atom stereocenters. The lowest BCUT2D eigenvalue weighted by Crippen LogP contribution is -2.27. The van der Waals surface area contributed by atoms with E-state index in [9.17, 15) is 9.18 Å². The average Bonchev–Trinajstić information content (AvgIpc) is 2.95. The van der Waals surface area contributed by atoms with Gasteiger partial charge in [0.2, 0.25) is 0 Å². The summed E-state index contributed by atoms with van der Waals surface area (Å²) in [6, 6.07) is 12.9. The molecule has 30 heavy (non-hydrogen) atoms. The zero-order chi connectivity index (χ0) is 22.2. The fourth-order valence-corrected chi connectivity index (χ4v) is 3.89. The Hall–Kier alpha value is -2.62. The van der Waals surface area contributed by atoms with Crippen molar-refractivity contribution in [3.63, 3.8) is 0 Å². The number of fused-ring (bicyclic) bond motifs is 1. The number of nitrogens with zero attached hydrogens (tertiary/aromatic N) is 1. The second kappa shape index (κ2) is 8.25. The smallest absolute Gasteiger partial charge is 0.251 e. The lowest BCUT2D eigenvalue weighted by molar-refractivity contribution is 0.0940. The first-order chi connectivity index (χ1) is 14.0.